The van der Waals surface area contributed by atoms with E-state index in [4.69, 9.17) is 0 Å². The smallest absolute Gasteiger partial charge is 0.256 e. The molecule has 0 N–H and O–H groups in total. The van der Waals surface area contributed by atoms with Crippen molar-refractivity contribution < 1.29 is 9.59 Å². The third-order valence-corrected chi connectivity index (χ3v) is 4.05. The van der Waals surface area contributed by atoms with Crippen LogP contribution in [0.25, 0.3) is 0 Å². The van der Waals surface area contributed by atoms with Crippen molar-refractivity contribution >= 4 is 11.8 Å². The normalized spacial score (nSPS) is 12.1. The quantitative estimate of drug-likeness (QED) is 0.818. The predicted molar refractivity (Wildman–Crippen MR) is 101 cm³/mol. The second kappa shape index (κ2) is 6.87. The number of carbonyl (C=O) groups is 2. The van der Waals surface area contributed by atoms with Gasteiger partial charge in [-0.1, -0.05) is 51.1 Å². The molecule has 1 heterocycles. The second-order valence-corrected chi connectivity index (χ2v) is 8.41. The molecule has 4 heteroatoms. The highest BCUT2D eigenvalue weighted by Crippen LogP contribution is 2.22. The van der Waals surface area contributed by atoms with Gasteiger partial charge in [0, 0.05) is 29.9 Å². The maximum absolute atomic E-state index is 13.1. The Morgan fingerprint density at radius 3 is 2.08 bits per heavy atom. The van der Waals surface area contributed by atoms with Crippen molar-refractivity contribution in [2.45, 2.75) is 53.6 Å². The van der Waals surface area contributed by atoms with Crippen molar-refractivity contribution in [3.8, 4) is 0 Å². The van der Waals surface area contributed by atoms with Gasteiger partial charge < -0.3 is 4.90 Å². The summed E-state index contributed by atoms with van der Waals surface area (Å²) in [5.41, 5.74) is 0.787. The summed E-state index contributed by atoms with van der Waals surface area (Å²) in [4.78, 5) is 27.3. The van der Waals surface area contributed by atoms with Crippen LogP contribution < -0.4 is 0 Å². The minimum Gasteiger partial charge on any atom is -0.329 e. The maximum Gasteiger partial charge on any atom is 0.256 e. The molecule has 0 spiro atoms. The van der Waals surface area contributed by atoms with Gasteiger partial charge >= 0.3 is 0 Å². The molecule has 0 saturated heterocycles. The Morgan fingerprint density at radius 2 is 1.56 bits per heavy atom. The Balaban J connectivity index is 2.29. The van der Waals surface area contributed by atoms with Crippen LogP contribution in [0.3, 0.4) is 0 Å². The Kier molecular flexibility index (Phi) is 5.21. The van der Waals surface area contributed by atoms with E-state index in [1.54, 1.807) is 18.5 Å². The Morgan fingerprint density at radius 1 is 0.960 bits per heavy atom. The standard InChI is InChI=1S/C21H28N2O2/c1-20(2,3)19(25)22-13-12-17(15-22)18(24)23(21(4,5)6)14-16-10-8-7-9-11-16/h7-13,15H,14H2,1-6H3. The van der Waals surface area contributed by atoms with E-state index < -0.39 is 5.41 Å². The lowest BCUT2D eigenvalue weighted by atomic mass is 9.96. The van der Waals surface area contributed by atoms with Gasteiger partial charge in [-0.15, -0.1) is 0 Å². The van der Waals surface area contributed by atoms with Crippen molar-refractivity contribution in [1.82, 2.24) is 9.47 Å². The Hall–Kier alpha value is -2.36. The molecule has 0 radical (unpaired) electrons. The molecule has 0 aliphatic carbocycles. The lowest BCUT2D eigenvalue weighted by Gasteiger charge is -2.35. The molecule has 0 saturated carbocycles. The molecular formula is C21H28N2O2. The molecule has 0 aliphatic rings. The van der Waals surface area contributed by atoms with Crippen LogP contribution in [0.4, 0.5) is 0 Å². The van der Waals surface area contributed by atoms with Crippen molar-refractivity contribution in [3.05, 3.63) is 59.9 Å². The highest BCUT2D eigenvalue weighted by molar-refractivity contribution is 5.96. The van der Waals surface area contributed by atoms with E-state index in [-0.39, 0.29) is 17.4 Å². The average molecular weight is 340 g/mol. The number of aromatic nitrogens is 1. The predicted octanol–water partition coefficient (Wildman–Crippen LogP) is 4.62. The summed E-state index contributed by atoms with van der Waals surface area (Å²) in [5.74, 6) is -0.103. The molecule has 134 valence electrons. The van der Waals surface area contributed by atoms with Gasteiger partial charge in [0.05, 0.1) is 5.56 Å². The molecule has 0 atom stereocenters. The molecule has 0 fully saturated rings. The van der Waals surface area contributed by atoms with Gasteiger partial charge in [0.15, 0.2) is 0 Å². The summed E-state index contributed by atoms with van der Waals surface area (Å²) in [5, 5.41) is 0. The second-order valence-electron chi connectivity index (χ2n) is 8.41. The van der Waals surface area contributed by atoms with Gasteiger partial charge in [-0.25, -0.2) is 0 Å². The van der Waals surface area contributed by atoms with Crippen molar-refractivity contribution in [2.75, 3.05) is 0 Å². The molecular weight excluding hydrogens is 312 g/mol. The molecule has 1 aromatic heterocycles. The molecule has 25 heavy (non-hydrogen) atoms. The Bertz CT molecular complexity index is 746. The molecule has 0 unspecified atom stereocenters. The van der Waals surface area contributed by atoms with Crippen LogP contribution in [0.15, 0.2) is 48.8 Å². The van der Waals surface area contributed by atoms with E-state index in [0.717, 1.165) is 5.56 Å². The zero-order chi connectivity index (χ0) is 18.8. The highest BCUT2D eigenvalue weighted by atomic mass is 16.2. The number of hydrogen-bond acceptors (Lipinski definition) is 2. The Labute approximate surface area is 150 Å². The van der Waals surface area contributed by atoms with E-state index in [2.05, 4.69) is 0 Å². The first-order valence-corrected chi connectivity index (χ1v) is 8.59. The molecule has 2 aromatic rings. The molecule has 1 amide bonds. The van der Waals surface area contributed by atoms with Crippen molar-refractivity contribution in [2.24, 2.45) is 5.41 Å². The number of nitrogens with zero attached hydrogens (tertiary/aromatic N) is 2. The SMILES string of the molecule is CC(C)(C)C(=O)n1ccc(C(=O)N(Cc2ccccc2)C(C)(C)C)c1. The van der Waals surface area contributed by atoms with Crippen LogP contribution in [-0.4, -0.2) is 26.8 Å². The van der Waals surface area contributed by atoms with Crippen LogP contribution in [0.2, 0.25) is 0 Å². The zero-order valence-corrected chi connectivity index (χ0v) is 16.0. The first kappa shape index (κ1) is 19.0. The number of benzene rings is 1. The highest BCUT2D eigenvalue weighted by Gasteiger charge is 2.29. The fourth-order valence-electron chi connectivity index (χ4n) is 2.57. The number of amides is 1. The first-order chi connectivity index (χ1) is 11.5. The summed E-state index contributed by atoms with van der Waals surface area (Å²) in [6.45, 7) is 12.2. The van der Waals surface area contributed by atoms with Crippen molar-refractivity contribution in [3.63, 3.8) is 0 Å². The minimum atomic E-state index is -0.493. The van der Waals surface area contributed by atoms with Gasteiger partial charge in [0.1, 0.15) is 0 Å². The lowest BCUT2D eigenvalue weighted by molar-refractivity contribution is 0.0559. The molecule has 2 rings (SSSR count). The lowest BCUT2D eigenvalue weighted by Crippen LogP contribution is -2.45. The van der Waals surface area contributed by atoms with E-state index >= 15 is 0 Å². The van der Waals surface area contributed by atoms with Gasteiger partial charge in [0.25, 0.3) is 5.91 Å². The monoisotopic (exact) mass is 340 g/mol. The van der Waals surface area contributed by atoms with Crippen LogP contribution in [0.1, 0.15) is 62.3 Å². The van der Waals surface area contributed by atoms with E-state index in [9.17, 15) is 9.59 Å². The van der Waals surface area contributed by atoms with Crippen molar-refractivity contribution in [1.29, 1.82) is 0 Å². The van der Waals surface area contributed by atoms with Crippen LogP contribution in [0.5, 0.6) is 0 Å². The van der Waals surface area contributed by atoms with Gasteiger partial charge in [-0.2, -0.15) is 0 Å². The summed E-state index contributed by atoms with van der Waals surface area (Å²) >= 11 is 0. The topological polar surface area (TPSA) is 42.3 Å². The summed E-state index contributed by atoms with van der Waals surface area (Å²) < 4.78 is 1.51. The summed E-state index contributed by atoms with van der Waals surface area (Å²) in [6.07, 6.45) is 3.31. The molecule has 4 nitrogen and oxygen atoms in total. The fourth-order valence-corrected chi connectivity index (χ4v) is 2.57. The van der Waals surface area contributed by atoms with E-state index in [1.165, 1.54) is 4.57 Å². The average Bonchev–Trinajstić information content (AvgIpc) is 3.00. The maximum atomic E-state index is 13.1. The van der Waals surface area contributed by atoms with Crippen LogP contribution in [0, 0.1) is 5.41 Å². The van der Waals surface area contributed by atoms with E-state index in [0.29, 0.717) is 12.1 Å². The third-order valence-electron chi connectivity index (χ3n) is 4.05. The largest absolute Gasteiger partial charge is 0.329 e. The zero-order valence-electron chi connectivity index (χ0n) is 16.0. The third kappa shape index (κ3) is 4.59. The van der Waals surface area contributed by atoms with Gasteiger partial charge in [-0.3, -0.25) is 14.2 Å². The first-order valence-electron chi connectivity index (χ1n) is 8.59. The molecule has 0 aliphatic heterocycles. The summed E-state index contributed by atoms with van der Waals surface area (Å²) in [6, 6.07) is 11.7. The minimum absolute atomic E-state index is 0.0306. The van der Waals surface area contributed by atoms with Crippen LogP contribution >= 0.6 is 0 Å². The number of rotatable bonds is 3. The van der Waals surface area contributed by atoms with Gasteiger partial charge in [0.2, 0.25) is 5.91 Å². The molecule has 0 bridgehead atoms. The van der Waals surface area contributed by atoms with Gasteiger partial charge in [-0.05, 0) is 32.4 Å². The number of hydrogen-bond donors (Lipinski definition) is 0. The number of carbonyl (C=O) groups excluding carboxylic acids is 2. The fraction of sp³-hybridized carbons (Fsp3) is 0.429. The van der Waals surface area contributed by atoms with Crippen LogP contribution in [-0.2, 0) is 6.54 Å². The molecule has 1 aromatic carbocycles. The summed E-state index contributed by atoms with van der Waals surface area (Å²) in [7, 11) is 0. The van der Waals surface area contributed by atoms with E-state index in [1.807, 2.05) is 76.8 Å².